The first-order valence-electron chi connectivity index (χ1n) is 10.3. The highest BCUT2D eigenvalue weighted by molar-refractivity contribution is 5.87. The largest absolute Gasteiger partial charge is 0.384 e. The second-order valence-corrected chi connectivity index (χ2v) is 7.85. The average Bonchev–Trinajstić information content (AvgIpc) is 3.23. The maximum absolute atomic E-state index is 11.5. The lowest BCUT2D eigenvalue weighted by molar-refractivity contribution is -0.113. The minimum Gasteiger partial charge on any atom is -0.384 e. The van der Waals surface area contributed by atoms with Crippen LogP contribution in [0.25, 0.3) is 27.7 Å². The van der Waals surface area contributed by atoms with E-state index in [2.05, 4.69) is 21.0 Å². The van der Waals surface area contributed by atoms with E-state index in [9.17, 15) is 9.59 Å². The van der Waals surface area contributed by atoms with Crippen molar-refractivity contribution in [1.82, 2.24) is 29.4 Å². The van der Waals surface area contributed by atoms with Crippen LogP contribution in [0.1, 0.15) is 5.69 Å². The van der Waals surface area contributed by atoms with Gasteiger partial charge in [0.2, 0.25) is 0 Å². The van der Waals surface area contributed by atoms with E-state index in [0.29, 0.717) is 37.6 Å². The number of carbonyl (C=O) groups excluding carboxylic acids is 2. The fourth-order valence-corrected chi connectivity index (χ4v) is 4.17. The highest BCUT2D eigenvalue weighted by Gasteiger charge is 2.29. The first-order chi connectivity index (χ1) is 15.5. The molecule has 32 heavy (non-hydrogen) atoms. The lowest BCUT2D eigenvalue weighted by Crippen LogP contribution is -2.57. The Hall–Kier alpha value is -4.05. The molecule has 0 saturated carbocycles. The van der Waals surface area contributed by atoms with Gasteiger partial charge in [0.1, 0.15) is 18.1 Å². The predicted octanol–water partition coefficient (Wildman–Crippen LogP) is 1.29. The zero-order valence-corrected chi connectivity index (χ0v) is 17.3. The number of anilines is 1. The van der Waals surface area contributed by atoms with Gasteiger partial charge >= 0.3 is 6.03 Å². The van der Waals surface area contributed by atoms with Crippen molar-refractivity contribution in [2.24, 2.45) is 5.73 Å². The first kappa shape index (κ1) is 19.9. The maximum Gasteiger partial charge on any atom is 0.315 e. The van der Waals surface area contributed by atoms with Gasteiger partial charge in [-0.2, -0.15) is 9.61 Å². The average molecular weight is 430 g/mol. The molecule has 1 aromatic carbocycles. The van der Waals surface area contributed by atoms with Crippen molar-refractivity contribution in [3.63, 3.8) is 0 Å². The molecular weight excluding hydrogens is 408 g/mol. The third-order valence-corrected chi connectivity index (χ3v) is 5.78. The van der Waals surface area contributed by atoms with Gasteiger partial charge in [-0.25, -0.2) is 9.78 Å². The third kappa shape index (κ3) is 3.50. The molecule has 1 aliphatic rings. The number of urea groups is 1. The number of nitrogens with two attached hydrogens (primary N) is 2. The Kier molecular flexibility index (Phi) is 4.91. The molecule has 0 radical (unpaired) electrons. The fourth-order valence-electron chi connectivity index (χ4n) is 4.17. The first-order valence-corrected chi connectivity index (χ1v) is 10.3. The standard InChI is InChI=1S/C22H22N8O2/c23-20-8-16(11-28-5-6-29(22(24)32)17(12-28)13-31)27-21-18(10-26-30(20)21)15-7-14-3-1-2-4-19(14)25-9-15/h1-4,7-10,13,17H,5-6,11-12,23H2,(H2,24,32). The molecule has 1 atom stereocenters. The predicted molar refractivity (Wildman–Crippen MR) is 120 cm³/mol. The monoisotopic (exact) mass is 430 g/mol. The zero-order valence-electron chi connectivity index (χ0n) is 17.3. The Bertz CT molecular complexity index is 1330. The number of hydrogen-bond acceptors (Lipinski definition) is 7. The van der Waals surface area contributed by atoms with E-state index in [4.69, 9.17) is 16.5 Å². The molecule has 4 aromatic rings. The SMILES string of the molecule is NC(=O)N1CCN(Cc2cc(N)n3ncc(-c4cnc5ccccc5c4)c3n2)CC1C=O. The minimum absolute atomic E-state index is 0.386. The van der Waals surface area contributed by atoms with E-state index < -0.39 is 12.1 Å². The number of hydrogen-bond donors (Lipinski definition) is 2. The number of piperazine rings is 1. The fraction of sp³-hybridized carbons (Fsp3) is 0.227. The number of benzene rings is 1. The smallest absolute Gasteiger partial charge is 0.315 e. The molecular formula is C22H22N8O2. The summed E-state index contributed by atoms with van der Waals surface area (Å²) < 4.78 is 1.60. The van der Waals surface area contributed by atoms with Crippen molar-refractivity contribution in [2.75, 3.05) is 25.4 Å². The van der Waals surface area contributed by atoms with Gasteiger partial charge in [-0.3, -0.25) is 9.88 Å². The van der Waals surface area contributed by atoms with Crippen molar-refractivity contribution in [3.8, 4) is 11.1 Å². The molecule has 10 heteroatoms. The quantitative estimate of drug-likeness (QED) is 0.466. The van der Waals surface area contributed by atoms with Crippen molar-refractivity contribution in [3.05, 3.63) is 54.5 Å². The number of pyridine rings is 1. The number of rotatable bonds is 4. The summed E-state index contributed by atoms with van der Waals surface area (Å²) in [6.07, 6.45) is 4.30. The molecule has 2 amide bonds. The Morgan fingerprint density at radius 2 is 2.03 bits per heavy atom. The van der Waals surface area contributed by atoms with Gasteiger partial charge in [-0.15, -0.1) is 0 Å². The molecule has 10 nitrogen and oxygen atoms in total. The van der Waals surface area contributed by atoms with Crippen LogP contribution < -0.4 is 11.5 Å². The van der Waals surface area contributed by atoms with Crippen LogP contribution in [-0.2, 0) is 11.3 Å². The van der Waals surface area contributed by atoms with Gasteiger partial charge in [-0.1, -0.05) is 18.2 Å². The molecule has 3 aromatic heterocycles. The van der Waals surface area contributed by atoms with Gasteiger partial charge in [0.25, 0.3) is 0 Å². The number of carbonyl (C=O) groups is 2. The van der Waals surface area contributed by atoms with Crippen molar-refractivity contribution in [1.29, 1.82) is 0 Å². The summed E-state index contributed by atoms with van der Waals surface area (Å²) in [5.41, 5.74) is 15.7. The lowest BCUT2D eigenvalue weighted by atomic mass is 10.1. The molecule has 4 heterocycles. The number of aromatic nitrogens is 4. The highest BCUT2D eigenvalue weighted by Crippen LogP contribution is 2.27. The number of fused-ring (bicyclic) bond motifs is 2. The van der Waals surface area contributed by atoms with Crippen LogP contribution in [0.4, 0.5) is 10.6 Å². The normalized spacial score (nSPS) is 17.1. The highest BCUT2D eigenvalue weighted by atomic mass is 16.2. The molecule has 1 saturated heterocycles. The number of nitrogen functional groups attached to an aromatic ring is 1. The van der Waals surface area contributed by atoms with Gasteiger partial charge in [0.15, 0.2) is 5.65 Å². The zero-order chi connectivity index (χ0) is 22.2. The molecule has 4 N–H and O–H groups in total. The Labute approximate surface area is 183 Å². The number of para-hydroxylation sites is 1. The maximum atomic E-state index is 11.5. The molecule has 1 unspecified atom stereocenters. The molecule has 1 aliphatic heterocycles. The second-order valence-electron chi connectivity index (χ2n) is 7.85. The number of nitrogens with zero attached hydrogens (tertiary/aromatic N) is 6. The number of amides is 2. The summed E-state index contributed by atoms with van der Waals surface area (Å²) in [4.78, 5) is 35.8. The van der Waals surface area contributed by atoms with Gasteiger partial charge in [-0.05, 0) is 12.1 Å². The number of primary amides is 1. The van der Waals surface area contributed by atoms with E-state index in [1.165, 1.54) is 4.90 Å². The third-order valence-electron chi connectivity index (χ3n) is 5.78. The molecule has 0 bridgehead atoms. The summed E-state index contributed by atoms with van der Waals surface area (Å²) >= 11 is 0. The Balaban J connectivity index is 1.46. The van der Waals surface area contributed by atoms with Crippen molar-refractivity contribution < 1.29 is 9.59 Å². The van der Waals surface area contributed by atoms with Crippen LogP contribution >= 0.6 is 0 Å². The van der Waals surface area contributed by atoms with Gasteiger partial charge in [0.05, 0.1) is 17.4 Å². The summed E-state index contributed by atoms with van der Waals surface area (Å²) in [6.45, 7) is 1.84. The van der Waals surface area contributed by atoms with Crippen LogP contribution in [0.15, 0.2) is 48.8 Å². The molecule has 0 spiro atoms. The van der Waals surface area contributed by atoms with Crippen molar-refractivity contribution >= 4 is 34.7 Å². The van der Waals surface area contributed by atoms with Gasteiger partial charge in [0, 0.05) is 55.0 Å². The molecule has 5 rings (SSSR count). The van der Waals surface area contributed by atoms with E-state index >= 15 is 0 Å². The summed E-state index contributed by atoms with van der Waals surface area (Å²) in [6, 6.07) is 10.6. The minimum atomic E-state index is -0.585. The van der Waals surface area contributed by atoms with Crippen LogP contribution in [0.3, 0.4) is 0 Å². The Morgan fingerprint density at radius 1 is 1.19 bits per heavy atom. The van der Waals surface area contributed by atoms with Gasteiger partial charge < -0.3 is 21.2 Å². The van der Waals surface area contributed by atoms with Crippen molar-refractivity contribution in [2.45, 2.75) is 12.6 Å². The van der Waals surface area contributed by atoms with E-state index in [1.54, 1.807) is 16.8 Å². The topological polar surface area (TPSA) is 136 Å². The van der Waals surface area contributed by atoms with E-state index in [1.807, 2.05) is 30.5 Å². The van der Waals surface area contributed by atoms with Crippen LogP contribution in [0.5, 0.6) is 0 Å². The van der Waals surface area contributed by atoms with Crippen LogP contribution in [0, 0.1) is 0 Å². The summed E-state index contributed by atoms with van der Waals surface area (Å²) in [5, 5.41) is 5.43. The number of aldehydes is 1. The van der Waals surface area contributed by atoms with Crippen LogP contribution in [0.2, 0.25) is 0 Å². The second kappa shape index (κ2) is 7.89. The molecule has 1 fully saturated rings. The molecule has 162 valence electrons. The summed E-state index contributed by atoms with van der Waals surface area (Å²) in [7, 11) is 0. The summed E-state index contributed by atoms with van der Waals surface area (Å²) in [5.74, 6) is 0.465. The van der Waals surface area contributed by atoms with Crippen LogP contribution in [-0.4, -0.2) is 67.4 Å². The Morgan fingerprint density at radius 3 is 2.84 bits per heavy atom. The van der Waals surface area contributed by atoms with E-state index in [0.717, 1.165) is 34.0 Å². The lowest BCUT2D eigenvalue weighted by Gasteiger charge is -2.37. The van der Waals surface area contributed by atoms with E-state index in [-0.39, 0.29) is 0 Å². The molecule has 0 aliphatic carbocycles.